The first kappa shape index (κ1) is 15.7. The van der Waals surface area contributed by atoms with Gasteiger partial charge in [-0.3, -0.25) is 4.79 Å². The molecule has 0 atom stereocenters. The Morgan fingerprint density at radius 1 is 1.56 bits per heavy atom. The molecule has 2 heteroatoms. The van der Waals surface area contributed by atoms with Crippen LogP contribution in [-0.4, -0.2) is 5.97 Å². The second-order valence-corrected chi connectivity index (χ2v) is 0.776. The predicted molar refractivity (Wildman–Crippen MR) is 39.9 cm³/mol. The van der Waals surface area contributed by atoms with Crippen LogP contribution in [0.25, 0.3) is 0 Å². The minimum atomic E-state index is -0.329. The van der Waals surface area contributed by atoms with E-state index in [-0.39, 0.29) is 13.4 Å². The average molecular weight is 130 g/mol. The molecule has 9 heavy (non-hydrogen) atoms. The lowest BCUT2D eigenvalue weighted by atomic mass is 10.8. The fourth-order valence-corrected chi connectivity index (χ4v) is 0.117. The Balaban J connectivity index is -0.000000109. The summed E-state index contributed by atoms with van der Waals surface area (Å²) in [5.41, 5.74) is 0. The summed E-state index contributed by atoms with van der Waals surface area (Å²) in [4.78, 5) is 9.75. The van der Waals surface area contributed by atoms with E-state index in [1.807, 2.05) is 0 Å². The predicted octanol–water partition coefficient (Wildman–Crippen LogP) is 2.13. The summed E-state index contributed by atoms with van der Waals surface area (Å²) < 4.78 is 4.17. The molecular weight excluding hydrogens is 116 g/mol. The summed E-state index contributed by atoms with van der Waals surface area (Å²) in [5.74, 6) is -0.329. The maximum absolute atomic E-state index is 9.75. The molecule has 0 aromatic heterocycles. The van der Waals surface area contributed by atoms with E-state index in [0.29, 0.717) is 0 Å². The Bertz CT molecular complexity index is 77.0. The molecule has 0 amide bonds. The lowest BCUT2D eigenvalue weighted by Crippen LogP contribution is -1.87. The molecule has 0 saturated carbocycles. The van der Waals surface area contributed by atoms with E-state index in [0.717, 1.165) is 6.26 Å². The zero-order chi connectivity index (χ0) is 6.99. The summed E-state index contributed by atoms with van der Waals surface area (Å²) in [5, 5.41) is 0. The average Bonchev–Trinajstić information content (AvgIpc) is 1.72. The van der Waals surface area contributed by atoms with E-state index < -0.39 is 0 Å². The van der Waals surface area contributed by atoms with Gasteiger partial charge in [-0.05, 0) is 0 Å². The molecule has 0 fully saturated rings. The van der Waals surface area contributed by atoms with Gasteiger partial charge in [-0.15, -0.1) is 13.2 Å². The van der Waals surface area contributed by atoms with Gasteiger partial charge < -0.3 is 4.74 Å². The number of rotatable bonds is 1. The lowest BCUT2D eigenvalue weighted by Gasteiger charge is -1.83. The van der Waals surface area contributed by atoms with Gasteiger partial charge in [-0.2, -0.15) is 0 Å². The normalized spacial score (nSPS) is 5.00. The van der Waals surface area contributed by atoms with Crippen molar-refractivity contribution in [2.24, 2.45) is 0 Å². The van der Waals surface area contributed by atoms with Crippen LogP contribution in [0.3, 0.4) is 0 Å². The molecule has 0 aliphatic rings. The van der Waals surface area contributed by atoms with Crippen molar-refractivity contribution in [3.05, 3.63) is 26.0 Å². The van der Waals surface area contributed by atoms with E-state index in [4.69, 9.17) is 0 Å². The van der Waals surface area contributed by atoms with Crippen molar-refractivity contribution in [1.82, 2.24) is 0 Å². The van der Waals surface area contributed by atoms with E-state index in [2.05, 4.69) is 24.5 Å². The van der Waals surface area contributed by atoms with Crippen molar-refractivity contribution >= 4 is 5.97 Å². The molecule has 0 spiro atoms. The summed E-state index contributed by atoms with van der Waals surface area (Å²) in [6, 6.07) is 0. The third kappa shape index (κ3) is 44.8. The fourth-order valence-electron chi connectivity index (χ4n) is 0.117. The Morgan fingerprint density at radius 3 is 1.89 bits per heavy atom. The first-order chi connectivity index (χ1) is 3.77. The molecule has 2 nitrogen and oxygen atoms in total. The van der Waals surface area contributed by atoms with Crippen LogP contribution in [-0.2, 0) is 9.53 Å². The standard InChI is InChI=1S/C4H6O2.C2H4.CH4/c1-3-6-4(2)5;1-2;/h3H,1H2,2H3;1-2H2;1H4. The van der Waals surface area contributed by atoms with Crippen molar-refractivity contribution in [2.45, 2.75) is 14.4 Å². The summed E-state index contributed by atoms with van der Waals surface area (Å²) in [7, 11) is 0. The van der Waals surface area contributed by atoms with E-state index in [9.17, 15) is 4.79 Å². The number of carbonyl (C=O) groups is 1. The van der Waals surface area contributed by atoms with Gasteiger partial charge in [0.2, 0.25) is 0 Å². The number of carbonyl (C=O) groups excluding carboxylic acids is 1. The molecule has 0 N–H and O–H groups in total. The van der Waals surface area contributed by atoms with Crippen LogP contribution in [0.2, 0.25) is 0 Å². The number of hydrogen-bond donors (Lipinski definition) is 0. The smallest absolute Gasteiger partial charge is 0.307 e. The molecule has 0 saturated heterocycles. The Morgan fingerprint density at radius 2 is 1.89 bits per heavy atom. The largest absolute Gasteiger partial charge is 0.435 e. The van der Waals surface area contributed by atoms with Crippen LogP contribution in [0, 0.1) is 0 Å². The summed E-state index contributed by atoms with van der Waals surface area (Å²) >= 11 is 0. The van der Waals surface area contributed by atoms with Crippen molar-refractivity contribution in [3.8, 4) is 0 Å². The van der Waals surface area contributed by atoms with E-state index in [1.54, 1.807) is 0 Å². The van der Waals surface area contributed by atoms with E-state index in [1.165, 1.54) is 6.92 Å². The second-order valence-electron chi connectivity index (χ2n) is 0.776. The molecule has 0 rings (SSSR count). The minimum absolute atomic E-state index is 0. The van der Waals surface area contributed by atoms with Crippen molar-refractivity contribution in [1.29, 1.82) is 0 Å². The van der Waals surface area contributed by atoms with Crippen LogP contribution < -0.4 is 0 Å². The topological polar surface area (TPSA) is 26.3 Å². The molecule has 0 aliphatic carbocycles. The molecule has 54 valence electrons. The number of esters is 1. The van der Waals surface area contributed by atoms with Crippen LogP contribution >= 0.6 is 0 Å². The van der Waals surface area contributed by atoms with Crippen LogP contribution in [0.15, 0.2) is 26.0 Å². The Hall–Kier alpha value is -1.05. The van der Waals surface area contributed by atoms with Gasteiger partial charge in [-0.1, -0.05) is 14.0 Å². The van der Waals surface area contributed by atoms with Gasteiger partial charge in [0, 0.05) is 6.92 Å². The van der Waals surface area contributed by atoms with Crippen molar-refractivity contribution in [3.63, 3.8) is 0 Å². The molecule has 0 aromatic carbocycles. The fraction of sp³-hybridized carbons (Fsp3) is 0.286. The highest BCUT2D eigenvalue weighted by Gasteiger charge is 1.79. The first-order valence-electron chi connectivity index (χ1n) is 2.05. The monoisotopic (exact) mass is 130 g/mol. The van der Waals surface area contributed by atoms with Crippen LogP contribution in [0.1, 0.15) is 14.4 Å². The Kier molecular flexibility index (Phi) is 27.5. The Labute approximate surface area is 56.8 Å². The van der Waals surface area contributed by atoms with Gasteiger partial charge in [0.25, 0.3) is 0 Å². The van der Waals surface area contributed by atoms with Gasteiger partial charge in [0.1, 0.15) is 0 Å². The second kappa shape index (κ2) is 15.8. The summed E-state index contributed by atoms with van der Waals surface area (Å²) in [6.07, 6.45) is 1.10. The number of hydrogen-bond acceptors (Lipinski definition) is 2. The molecular formula is C7H14O2. The number of ether oxygens (including phenoxy) is 1. The third-order valence-corrected chi connectivity index (χ3v) is 0.249. The highest BCUT2D eigenvalue weighted by molar-refractivity contribution is 5.66. The van der Waals surface area contributed by atoms with Crippen LogP contribution in [0.5, 0.6) is 0 Å². The zero-order valence-electron chi connectivity index (χ0n) is 5.02. The highest BCUT2D eigenvalue weighted by atomic mass is 16.5. The zero-order valence-corrected chi connectivity index (χ0v) is 5.02. The SMILES string of the molecule is C.C=C.C=COC(C)=O. The maximum Gasteiger partial charge on any atom is 0.307 e. The van der Waals surface area contributed by atoms with Gasteiger partial charge in [0.05, 0.1) is 6.26 Å². The third-order valence-electron chi connectivity index (χ3n) is 0.249. The molecule has 0 unspecified atom stereocenters. The minimum Gasteiger partial charge on any atom is -0.435 e. The molecule has 0 aromatic rings. The maximum atomic E-state index is 9.75. The van der Waals surface area contributed by atoms with Gasteiger partial charge in [0.15, 0.2) is 0 Å². The van der Waals surface area contributed by atoms with Gasteiger partial charge in [-0.25, -0.2) is 0 Å². The van der Waals surface area contributed by atoms with E-state index >= 15 is 0 Å². The highest BCUT2D eigenvalue weighted by Crippen LogP contribution is 1.70. The molecule has 0 heterocycles. The lowest BCUT2D eigenvalue weighted by molar-refractivity contribution is -0.135. The molecule has 0 bridgehead atoms. The summed E-state index contributed by atoms with van der Waals surface area (Å²) in [6.45, 7) is 10.5. The molecule has 0 aliphatic heterocycles. The first-order valence-corrected chi connectivity index (χ1v) is 2.05. The quantitative estimate of drug-likeness (QED) is 0.309. The molecule has 0 radical (unpaired) electrons. The van der Waals surface area contributed by atoms with Crippen LogP contribution in [0.4, 0.5) is 0 Å². The van der Waals surface area contributed by atoms with Crippen molar-refractivity contribution < 1.29 is 9.53 Å². The van der Waals surface area contributed by atoms with Gasteiger partial charge >= 0.3 is 5.97 Å². The van der Waals surface area contributed by atoms with Crippen molar-refractivity contribution in [2.75, 3.05) is 0 Å².